The number of nitrogens with one attached hydrogen (secondary N) is 1. The molecular formula is C13H24N2O3. The number of amides is 2. The number of hydrogen-bond donors (Lipinski definition) is 2. The van der Waals surface area contributed by atoms with E-state index >= 15 is 0 Å². The van der Waals surface area contributed by atoms with Crippen LogP contribution < -0.4 is 5.32 Å². The Hall–Kier alpha value is -1.10. The van der Waals surface area contributed by atoms with Crippen LogP contribution in [0.15, 0.2) is 0 Å². The Morgan fingerprint density at radius 3 is 2.61 bits per heavy atom. The molecule has 1 saturated heterocycles. The van der Waals surface area contributed by atoms with E-state index in [4.69, 9.17) is 0 Å². The number of likely N-dealkylation sites (N-methyl/N-ethyl adjacent to an activating group) is 1. The third kappa shape index (κ3) is 5.04. The van der Waals surface area contributed by atoms with Crippen molar-refractivity contribution in [2.24, 2.45) is 5.92 Å². The second-order valence-corrected chi connectivity index (χ2v) is 5.16. The lowest BCUT2D eigenvalue weighted by Gasteiger charge is -2.18. The number of rotatable bonds is 0. The van der Waals surface area contributed by atoms with Crippen molar-refractivity contribution in [2.75, 3.05) is 20.1 Å². The zero-order valence-electron chi connectivity index (χ0n) is 11.3. The summed E-state index contributed by atoms with van der Waals surface area (Å²) in [4.78, 5) is 25.0. The molecule has 0 saturated carbocycles. The average molecular weight is 256 g/mol. The fraction of sp³-hybridized carbons (Fsp3) is 0.846. The van der Waals surface area contributed by atoms with Gasteiger partial charge in [0.2, 0.25) is 11.8 Å². The Labute approximate surface area is 109 Å². The number of carbonyl (C=O) groups excluding carboxylic acids is 2. The van der Waals surface area contributed by atoms with Gasteiger partial charge in [0, 0.05) is 19.5 Å². The van der Waals surface area contributed by atoms with Crippen LogP contribution in [0.25, 0.3) is 0 Å². The third-order valence-corrected chi connectivity index (χ3v) is 3.49. The summed E-state index contributed by atoms with van der Waals surface area (Å²) in [5, 5.41) is 12.4. The van der Waals surface area contributed by atoms with E-state index in [0.717, 1.165) is 25.7 Å². The van der Waals surface area contributed by atoms with Crippen molar-refractivity contribution in [3.05, 3.63) is 0 Å². The molecule has 5 heteroatoms. The van der Waals surface area contributed by atoms with Crippen LogP contribution in [0.2, 0.25) is 0 Å². The monoisotopic (exact) mass is 256 g/mol. The number of nitrogens with zero attached hydrogens (tertiary/aromatic N) is 1. The molecule has 1 aliphatic heterocycles. The molecule has 1 fully saturated rings. The zero-order valence-corrected chi connectivity index (χ0v) is 11.3. The molecule has 0 aromatic heterocycles. The van der Waals surface area contributed by atoms with Gasteiger partial charge in [-0.25, -0.2) is 0 Å². The molecule has 0 spiro atoms. The van der Waals surface area contributed by atoms with Gasteiger partial charge in [-0.1, -0.05) is 13.3 Å². The van der Waals surface area contributed by atoms with Gasteiger partial charge >= 0.3 is 0 Å². The molecule has 1 heterocycles. The summed E-state index contributed by atoms with van der Waals surface area (Å²) in [6, 6.07) is 0. The molecule has 0 aromatic carbocycles. The molecule has 0 radical (unpaired) electrons. The second-order valence-electron chi connectivity index (χ2n) is 5.16. The number of carbonyl (C=O) groups is 2. The Morgan fingerprint density at radius 1 is 1.22 bits per heavy atom. The van der Waals surface area contributed by atoms with Gasteiger partial charge in [-0.05, 0) is 25.7 Å². The average Bonchev–Trinajstić information content (AvgIpc) is 2.34. The first-order chi connectivity index (χ1) is 8.50. The van der Waals surface area contributed by atoms with Crippen molar-refractivity contribution in [3.63, 3.8) is 0 Å². The summed E-state index contributed by atoms with van der Waals surface area (Å²) in [5.74, 6) is -0.258. The summed E-state index contributed by atoms with van der Waals surface area (Å²) >= 11 is 0. The van der Waals surface area contributed by atoms with Gasteiger partial charge in [-0.15, -0.1) is 0 Å². The van der Waals surface area contributed by atoms with Crippen LogP contribution in [-0.4, -0.2) is 48.1 Å². The first-order valence-electron chi connectivity index (χ1n) is 6.70. The van der Waals surface area contributed by atoms with Crippen LogP contribution in [0, 0.1) is 5.92 Å². The smallest absolute Gasteiger partial charge is 0.241 e. The van der Waals surface area contributed by atoms with E-state index in [0.29, 0.717) is 13.0 Å². The highest BCUT2D eigenvalue weighted by molar-refractivity contribution is 5.85. The van der Waals surface area contributed by atoms with Gasteiger partial charge in [-0.2, -0.15) is 0 Å². The van der Waals surface area contributed by atoms with Crippen molar-refractivity contribution in [1.82, 2.24) is 10.2 Å². The summed E-state index contributed by atoms with van der Waals surface area (Å²) in [5.41, 5.74) is 0. The van der Waals surface area contributed by atoms with E-state index < -0.39 is 0 Å². The molecule has 0 aliphatic carbocycles. The fourth-order valence-corrected chi connectivity index (χ4v) is 2.10. The van der Waals surface area contributed by atoms with Crippen LogP contribution in [-0.2, 0) is 9.59 Å². The highest BCUT2D eigenvalue weighted by Gasteiger charge is 2.17. The fourth-order valence-electron chi connectivity index (χ4n) is 2.10. The lowest BCUT2D eigenvalue weighted by atomic mass is 10.00. The lowest BCUT2D eigenvalue weighted by molar-refractivity contribution is -0.132. The summed E-state index contributed by atoms with van der Waals surface area (Å²) in [6.45, 7) is 2.55. The van der Waals surface area contributed by atoms with Crippen molar-refractivity contribution >= 4 is 11.8 Å². The summed E-state index contributed by atoms with van der Waals surface area (Å²) in [6.07, 6.45) is 3.53. The number of aliphatic hydroxyl groups excluding tert-OH is 1. The molecule has 2 N–H and O–H groups in total. The Kier molecular flexibility index (Phi) is 6.12. The predicted octanol–water partition coefficient (Wildman–Crippen LogP) is 0.522. The van der Waals surface area contributed by atoms with E-state index in [-0.39, 0.29) is 30.4 Å². The quantitative estimate of drug-likeness (QED) is 0.664. The minimum absolute atomic E-state index is 0.0717. The minimum Gasteiger partial charge on any atom is -0.393 e. The Balaban J connectivity index is 2.56. The van der Waals surface area contributed by atoms with Gasteiger partial charge in [0.15, 0.2) is 0 Å². The molecule has 2 atom stereocenters. The summed E-state index contributed by atoms with van der Waals surface area (Å²) in [7, 11) is 1.73. The van der Waals surface area contributed by atoms with Crippen molar-refractivity contribution in [2.45, 2.75) is 45.1 Å². The SMILES string of the molecule is C[C@@H]1CCC[C@H](O)CCCN(C)C(=O)CNC1=O. The maximum Gasteiger partial charge on any atom is 0.241 e. The normalized spacial score (nSPS) is 28.9. The molecule has 0 bridgehead atoms. The van der Waals surface area contributed by atoms with Crippen LogP contribution in [0.1, 0.15) is 39.0 Å². The van der Waals surface area contributed by atoms with Gasteiger partial charge in [0.05, 0.1) is 12.6 Å². The summed E-state index contributed by atoms with van der Waals surface area (Å²) < 4.78 is 0. The molecular weight excluding hydrogens is 232 g/mol. The van der Waals surface area contributed by atoms with Crippen molar-refractivity contribution in [3.8, 4) is 0 Å². The van der Waals surface area contributed by atoms with Crippen molar-refractivity contribution < 1.29 is 14.7 Å². The molecule has 104 valence electrons. The van der Waals surface area contributed by atoms with E-state index in [2.05, 4.69) is 5.32 Å². The van der Waals surface area contributed by atoms with E-state index in [1.165, 1.54) is 0 Å². The lowest BCUT2D eigenvalue weighted by Crippen LogP contribution is -2.40. The van der Waals surface area contributed by atoms with E-state index in [1.54, 1.807) is 11.9 Å². The van der Waals surface area contributed by atoms with Crippen LogP contribution in [0.3, 0.4) is 0 Å². The van der Waals surface area contributed by atoms with Crippen LogP contribution in [0.4, 0.5) is 0 Å². The minimum atomic E-state index is -0.315. The zero-order chi connectivity index (χ0) is 13.5. The molecule has 0 aromatic rings. The van der Waals surface area contributed by atoms with Crippen molar-refractivity contribution in [1.29, 1.82) is 0 Å². The maximum atomic E-state index is 11.7. The first kappa shape index (κ1) is 15.0. The topological polar surface area (TPSA) is 69.6 Å². The first-order valence-corrected chi connectivity index (χ1v) is 6.70. The molecule has 1 aliphatic rings. The molecule has 5 nitrogen and oxygen atoms in total. The largest absolute Gasteiger partial charge is 0.393 e. The van der Waals surface area contributed by atoms with Crippen LogP contribution in [0.5, 0.6) is 0 Å². The van der Waals surface area contributed by atoms with Gasteiger partial charge in [0.1, 0.15) is 0 Å². The van der Waals surface area contributed by atoms with Gasteiger partial charge < -0.3 is 15.3 Å². The number of hydrogen-bond acceptors (Lipinski definition) is 3. The maximum absolute atomic E-state index is 11.7. The Morgan fingerprint density at radius 2 is 1.89 bits per heavy atom. The van der Waals surface area contributed by atoms with Gasteiger partial charge in [-0.3, -0.25) is 9.59 Å². The predicted molar refractivity (Wildman–Crippen MR) is 68.9 cm³/mol. The number of aliphatic hydroxyl groups is 1. The highest BCUT2D eigenvalue weighted by atomic mass is 16.3. The Bertz CT molecular complexity index is 266. The third-order valence-electron chi connectivity index (χ3n) is 3.49. The van der Waals surface area contributed by atoms with Crippen LogP contribution >= 0.6 is 0 Å². The molecule has 0 unspecified atom stereocenters. The van der Waals surface area contributed by atoms with E-state index in [9.17, 15) is 14.7 Å². The van der Waals surface area contributed by atoms with Gasteiger partial charge in [0.25, 0.3) is 0 Å². The molecule has 2 amide bonds. The highest BCUT2D eigenvalue weighted by Crippen LogP contribution is 2.13. The standard InChI is InChI=1S/C13H24N2O3/c1-10-5-3-6-11(16)7-4-8-15(2)12(17)9-14-13(10)18/h10-11,16H,3-9H2,1-2H3,(H,14,18)/t10-,11+/m1/s1. The second kappa shape index (κ2) is 7.36. The van der Waals surface area contributed by atoms with E-state index in [1.807, 2.05) is 6.92 Å². The molecule has 18 heavy (non-hydrogen) atoms. The molecule has 1 rings (SSSR count).